The third kappa shape index (κ3) is 3.15. The Morgan fingerprint density at radius 3 is 2.58 bits per heavy atom. The molecule has 0 unspecified atom stereocenters. The molecule has 1 amide bonds. The molecule has 0 N–H and O–H groups in total. The normalized spacial score (nSPS) is 14.6. The molecule has 4 rings (SSSR count). The van der Waals surface area contributed by atoms with Gasteiger partial charge in [-0.25, -0.2) is 4.68 Å². The largest absolute Gasteiger partial charge is 0.349 e. The molecule has 3 heterocycles. The zero-order valence-corrected chi connectivity index (χ0v) is 15.5. The summed E-state index contributed by atoms with van der Waals surface area (Å²) in [7, 11) is 1.97. The summed E-state index contributed by atoms with van der Waals surface area (Å²) >= 11 is 6.17. The first-order valence-electron chi connectivity index (χ1n) is 8.90. The van der Waals surface area contributed by atoms with Crippen LogP contribution in [0, 0.1) is 0 Å². The first-order chi connectivity index (χ1) is 12.6. The SMILES string of the molecule is Cn1cccc1-c1cc(C(=O)N2CCCCC2)n(-c2cccc(Cl)c2)n1. The molecule has 1 aromatic carbocycles. The lowest BCUT2D eigenvalue weighted by atomic mass is 10.1. The number of nitrogens with zero attached hydrogens (tertiary/aromatic N) is 4. The maximum absolute atomic E-state index is 13.2. The predicted octanol–water partition coefficient (Wildman–Crippen LogP) is 4.16. The van der Waals surface area contributed by atoms with Crippen LogP contribution in [0.2, 0.25) is 5.02 Å². The minimum absolute atomic E-state index is 0.0256. The average Bonchev–Trinajstić information content (AvgIpc) is 3.28. The highest BCUT2D eigenvalue weighted by atomic mass is 35.5. The summed E-state index contributed by atoms with van der Waals surface area (Å²) in [6, 6.07) is 13.3. The van der Waals surface area contributed by atoms with Crippen molar-refractivity contribution in [2.24, 2.45) is 7.05 Å². The van der Waals surface area contributed by atoms with Crippen LogP contribution in [0.25, 0.3) is 17.1 Å². The second-order valence-corrected chi connectivity index (χ2v) is 7.10. The van der Waals surface area contributed by atoms with Gasteiger partial charge in [-0.15, -0.1) is 0 Å². The Labute approximate surface area is 157 Å². The molecule has 0 saturated carbocycles. The van der Waals surface area contributed by atoms with Gasteiger partial charge in [0.2, 0.25) is 0 Å². The Hall–Kier alpha value is -2.53. The van der Waals surface area contributed by atoms with E-state index in [4.69, 9.17) is 16.7 Å². The van der Waals surface area contributed by atoms with Crippen LogP contribution in [0.5, 0.6) is 0 Å². The van der Waals surface area contributed by atoms with Crippen LogP contribution in [-0.4, -0.2) is 38.2 Å². The van der Waals surface area contributed by atoms with Gasteiger partial charge in [-0.3, -0.25) is 4.79 Å². The first kappa shape index (κ1) is 16.9. The summed E-state index contributed by atoms with van der Waals surface area (Å²) in [4.78, 5) is 15.1. The number of hydrogen-bond acceptors (Lipinski definition) is 2. The van der Waals surface area contributed by atoms with Gasteiger partial charge in [0.15, 0.2) is 0 Å². The van der Waals surface area contributed by atoms with Crippen LogP contribution in [-0.2, 0) is 7.05 Å². The minimum atomic E-state index is 0.0256. The molecule has 1 aliphatic heterocycles. The Balaban J connectivity index is 1.81. The molecule has 2 aromatic heterocycles. The van der Waals surface area contributed by atoms with E-state index in [0.29, 0.717) is 10.7 Å². The highest BCUT2D eigenvalue weighted by Crippen LogP contribution is 2.25. The van der Waals surface area contributed by atoms with Crippen LogP contribution in [0.4, 0.5) is 0 Å². The average molecular weight is 369 g/mol. The zero-order valence-electron chi connectivity index (χ0n) is 14.7. The summed E-state index contributed by atoms with van der Waals surface area (Å²) < 4.78 is 3.71. The lowest BCUT2D eigenvalue weighted by Gasteiger charge is -2.26. The molecule has 0 aliphatic carbocycles. The summed E-state index contributed by atoms with van der Waals surface area (Å²) in [6.45, 7) is 1.61. The van der Waals surface area contributed by atoms with Gasteiger partial charge in [0.05, 0.1) is 11.4 Å². The number of rotatable bonds is 3. The Kier molecular flexibility index (Phi) is 4.55. The molecule has 0 spiro atoms. The minimum Gasteiger partial charge on any atom is -0.349 e. The molecule has 134 valence electrons. The molecule has 0 radical (unpaired) electrons. The van der Waals surface area contributed by atoms with Crippen molar-refractivity contribution in [3.05, 3.63) is 59.4 Å². The van der Waals surface area contributed by atoms with E-state index in [1.54, 1.807) is 4.68 Å². The van der Waals surface area contributed by atoms with E-state index in [9.17, 15) is 4.79 Å². The quantitative estimate of drug-likeness (QED) is 0.696. The molecule has 3 aromatic rings. The van der Waals surface area contributed by atoms with Gasteiger partial charge in [-0.2, -0.15) is 5.10 Å². The number of likely N-dealkylation sites (tertiary alicyclic amines) is 1. The van der Waals surface area contributed by atoms with Crippen molar-refractivity contribution in [2.45, 2.75) is 19.3 Å². The van der Waals surface area contributed by atoms with Crippen LogP contribution >= 0.6 is 11.6 Å². The summed E-state index contributed by atoms with van der Waals surface area (Å²) in [6.07, 6.45) is 5.27. The fourth-order valence-electron chi connectivity index (χ4n) is 3.45. The van der Waals surface area contributed by atoms with Crippen molar-refractivity contribution in [2.75, 3.05) is 13.1 Å². The van der Waals surface area contributed by atoms with E-state index < -0.39 is 0 Å². The molecule has 1 saturated heterocycles. The third-order valence-corrected chi connectivity index (χ3v) is 5.07. The Morgan fingerprint density at radius 2 is 1.88 bits per heavy atom. The topological polar surface area (TPSA) is 43.1 Å². The molecule has 26 heavy (non-hydrogen) atoms. The highest BCUT2D eigenvalue weighted by Gasteiger charge is 2.24. The van der Waals surface area contributed by atoms with E-state index in [0.717, 1.165) is 43.0 Å². The fourth-order valence-corrected chi connectivity index (χ4v) is 3.63. The molecule has 1 aliphatic rings. The van der Waals surface area contributed by atoms with Gasteiger partial charge < -0.3 is 9.47 Å². The van der Waals surface area contributed by atoms with Crippen molar-refractivity contribution in [3.63, 3.8) is 0 Å². The van der Waals surface area contributed by atoms with E-state index in [1.807, 2.05) is 65.2 Å². The van der Waals surface area contributed by atoms with Crippen LogP contribution in [0.3, 0.4) is 0 Å². The van der Waals surface area contributed by atoms with Gasteiger partial charge in [-0.1, -0.05) is 17.7 Å². The number of piperidine rings is 1. The van der Waals surface area contributed by atoms with Crippen LogP contribution in [0.15, 0.2) is 48.7 Å². The van der Waals surface area contributed by atoms with Crippen molar-refractivity contribution in [1.82, 2.24) is 19.2 Å². The van der Waals surface area contributed by atoms with E-state index >= 15 is 0 Å². The van der Waals surface area contributed by atoms with E-state index in [2.05, 4.69) is 0 Å². The molecule has 0 atom stereocenters. The maximum atomic E-state index is 13.2. The Morgan fingerprint density at radius 1 is 1.08 bits per heavy atom. The summed E-state index contributed by atoms with van der Waals surface area (Å²) in [5, 5.41) is 5.35. The second kappa shape index (κ2) is 7.00. The summed E-state index contributed by atoms with van der Waals surface area (Å²) in [5.41, 5.74) is 3.11. The molecular weight excluding hydrogens is 348 g/mol. The molecule has 6 heteroatoms. The van der Waals surface area contributed by atoms with Crippen molar-refractivity contribution in [3.8, 4) is 17.1 Å². The van der Waals surface area contributed by atoms with Gasteiger partial charge in [0.1, 0.15) is 11.4 Å². The number of halogens is 1. The van der Waals surface area contributed by atoms with E-state index in [1.165, 1.54) is 6.42 Å². The highest BCUT2D eigenvalue weighted by molar-refractivity contribution is 6.30. The fraction of sp³-hybridized carbons (Fsp3) is 0.300. The number of aromatic nitrogens is 3. The van der Waals surface area contributed by atoms with Crippen LogP contribution in [0.1, 0.15) is 29.8 Å². The lowest BCUT2D eigenvalue weighted by molar-refractivity contribution is 0.0715. The molecule has 5 nitrogen and oxygen atoms in total. The first-order valence-corrected chi connectivity index (χ1v) is 9.28. The van der Waals surface area contributed by atoms with Gasteiger partial charge >= 0.3 is 0 Å². The number of hydrogen-bond donors (Lipinski definition) is 0. The van der Waals surface area contributed by atoms with Gasteiger partial charge in [0, 0.05) is 31.4 Å². The number of benzene rings is 1. The zero-order chi connectivity index (χ0) is 18.1. The second-order valence-electron chi connectivity index (χ2n) is 6.66. The standard InChI is InChI=1S/C20H21ClN4O/c1-23-10-6-9-18(23)17-14-19(20(26)24-11-3-2-4-12-24)25(22-17)16-8-5-7-15(21)13-16/h5-10,13-14H,2-4,11-12H2,1H3. The third-order valence-electron chi connectivity index (χ3n) is 4.83. The predicted molar refractivity (Wildman–Crippen MR) is 103 cm³/mol. The van der Waals surface area contributed by atoms with Crippen LogP contribution < -0.4 is 0 Å². The van der Waals surface area contributed by atoms with Crippen molar-refractivity contribution in [1.29, 1.82) is 0 Å². The Bertz CT molecular complexity index is 937. The smallest absolute Gasteiger partial charge is 0.272 e. The number of carbonyl (C=O) groups excluding carboxylic acids is 1. The number of aryl methyl sites for hydroxylation is 1. The lowest BCUT2D eigenvalue weighted by Crippen LogP contribution is -2.36. The van der Waals surface area contributed by atoms with E-state index in [-0.39, 0.29) is 5.91 Å². The van der Waals surface area contributed by atoms with Crippen molar-refractivity contribution < 1.29 is 4.79 Å². The molecule has 0 bridgehead atoms. The van der Waals surface area contributed by atoms with Gasteiger partial charge in [-0.05, 0) is 55.7 Å². The van der Waals surface area contributed by atoms with Crippen molar-refractivity contribution >= 4 is 17.5 Å². The monoisotopic (exact) mass is 368 g/mol. The summed E-state index contributed by atoms with van der Waals surface area (Å²) in [5.74, 6) is 0.0256. The molecular formula is C20H21ClN4O. The number of amides is 1. The maximum Gasteiger partial charge on any atom is 0.272 e. The molecule has 1 fully saturated rings. The van der Waals surface area contributed by atoms with Gasteiger partial charge in [0.25, 0.3) is 5.91 Å². The number of carbonyl (C=O) groups is 1.